The fourth-order valence-corrected chi connectivity index (χ4v) is 3.50. The van der Waals surface area contributed by atoms with Crippen LogP contribution in [-0.2, 0) is 0 Å². The van der Waals surface area contributed by atoms with E-state index >= 15 is 0 Å². The first-order valence-electron chi connectivity index (χ1n) is 8.43. The van der Waals surface area contributed by atoms with Gasteiger partial charge in [-0.1, -0.05) is 66.4 Å². The summed E-state index contributed by atoms with van der Waals surface area (Å²) in [5, 5.41) is 6.70. The molecule has 132 valence electrons. The topological polar surface area (TPSA) is 54.6 Å². The third-order valence-electron chi connectivity index (χ3n) is 3.96. The molecule has 0 unspecified atom stereocenters. The van der Waals surface area contributed by atoms with Crippen molar-refractivity contribution < 1.29 is 9.21 Å². The van der Waals surface area contributed by atoms with Gasteiger partial charge in [-0.15, -0.1) is 0 Å². The number of fused-ring (bicyclic) bond motifs is 1. The Balaban J connectivity index is 1.42. The molecular weight excluding hydrogens is 356 g/mol. The summed E-state index contributed by atoms with van der Waals surface area (Å²) in [5.41, 5.74) is 3.15. The molecule has 1 N–H and O–H groups in total. The molecule has 0 saturated heterocycles. The van der Waals surface area contributed by atoms with Gasteiger partial charge in [0.25, 0.3) is 5.91 Å². The van der Waals surface area contributed by atoms with Gasteiger partial charge in [0.1, 0.15) is 5.76 Å². The average Bonchev–Trinajstić information content (AvgIpc) is 3.15. The Hall–Kier alpha value is -3.31. The van der Waals surface area contributed by atoms with Gasteiger partial charge in [-0.3, -0.25) is 4.79 Å². The maximum Gasteiger partial charge on any atom is 0.271 e. The van der Waals surface area contributed by atoms with Crippen molar-refractivity contribution in [2.75, 3.05) is 0 Å². The van der Waals surface area contributed by atoms with E-state index in [-0.39, 0.29) is 5.91 Å². The molecule has 4 aromatic rings. The number of furan rings is 1. The molecule has 0 saturated carbocycles. The van der Waals surface area contributed by atoms with Crippen molar-refractivity contribution in [3.63, 3.8) is 0 Å². The number of hydrazone groups is 1. The Kier molecular flexibility index (Phi) is 5.03. The summed E-state index contributed by atoms with van der Waals surface area (Å²) in [6.45, 7) is 0. The summed E-state index contributed by atoms with van der Waals surface area (Å²) in [4.78, 5) is 13.5. The third kappa shape index (κ3) is 4.10. The van der Waals surface area contributed by atoms with Gasteiger partial charge >= 0.3 is 0 Å². The molecule has 0 spiro atoms. The van der Waals surface area contributed by atoms with Crippen LogP contribution in [0.1, 0.15) is 16.1 Å². The van der Waals surface area contributed by atoms with E-state index in [1.807, 2.05) is 78.9 Å². The van der Waals surface area contributed by atoms with Crippen molar-refractivity contribution in [3.8, 4) is 0 Å². The van der Waals surface area contributed by atoms with Crippen LogP contribution in [0.4, 0.5) is 0 Å². The molecule has 5 heteroatoms. The van der Waals surface area contributed by atoms with Gasteiger partial charge in [0, 0.05) is 10.5 Å². The van der Waals surface area contributed by atoms with Gasteiger partial charge in [-0.25, -0.2) is 5.43 Å². The van der Waals surface area contributed by atoms with Gasteiger partial charge in [0.2, 0.25) is 0 Å². The van der Waals surface area contributed by atoms with Crippen LogP contribution in [0.15, 0.2) is 104 Å². The van der Waals surface area contributed by atoms with Crippen LogP contribution in [0.5, 0.6) is 0 Å². The quantitative estimate of drug-likeness (QED) is 0.380. The SMILES string of the molecule is O=C(N/N=C\c1ccc(Sc2ccccc2)o1)c1cccc2ccccc12. The molecule has 0 bridgehead atoms. The van der Waals surface area contributed by atoms with Crippen molar-refractivity contribution in [2.45, 2.75) is 9.99 Å². The molecule has 4 nitrogen and oxygen atoms in total. The van der Waals surface area contributed by atoms with Crippen LogP contribution >= 0.6 is 11.8 Å². The zero-order chi connectivity index (χ0) is 18.5. The van der Waals surface area contributed by atoms with E-state index in [0.717, 1.165) is 20.8 Å². The molecule has 0 atom stereocenters. The maximum absolute atomic E-state index is 12.4. The highest BCUT2D eigenvalue weighted by Gasteiger charge is 2.08. The van der Waals surface area contributed by atoms with Crippen molar-refractivity contribution in [3.05, 3.63) is 96.3 Å². The minimum Gasteiger partial charge on any atom is -0.448 e. The Morgan fingerprint density at radius 2 is 1.67 bits per heavy atom. The molecule has 1 aromatic heterocycles. The van der Waals surface area contributed by atoms with Crippen LogP contribution in [-0.4, -0.2) is 12.1 Å². The summed E-state index contributed by atoms with van der Waals surface area (Å²) in [7, 11) is 0. The van der Waals surface area contributed by atoms with E-state index in [1.165, 1.54) is 18.0 Å². The summed E-state index contributed by atoms with van der Waals surface area (Å²) in [6, 6.07) is 27.1. The standard InChI is InChI=1S/C22H16N2O2S/c25-22(20-12-6-8-16-7-4-5-11-19(16)20)24-23-15-17-13-14-21(26-17)27-18-9-2-1-3-10-18/h1-15H,(H,24,25)/b23-15-. The fraction of sp³-hybridized carbons (Fsp3) is 0. The largest absolute Gasteiger partial charge is 0.448 e. The van der Waals surface area contributed by atoms with Crippen LogP contribution in [0.3, 0.4) is 0 Å². The first-order chi connectivity index (χ1) is 13.3. The second-order valence-corrected chi connectivity index (χ2v) is 6.88. The van der Waals surface area contributed by atoms with Crippen molar-refractivity contribution in [2.24, 2.45) is 5.10 Å². The molecule has 3 aromatic carbocycles. The number of amides is 1. The van der Waals surface area contributed by atoms with Crippen LogP contribution in [0.25, 0.3) is 10.8 Å². The number of carbonyl (C=O) groups is 1. The number of nitrogens with zero attached hydrogens (tertiary/aromatic N) is 1. The van der Waals surface area contributed by atoms with E-state index in [1.54, 1.807) is 6.07 Å². The maximum atomic E-state index is 12.4. The number of rotatable bonds is 5. The molecule has 4 rings (SSSR count). The molecule has 1 heterocycles. The molecule has 0 aliphatic heterocycles. The second kappa shape index (κ2) is 7.93. The normalized spacial score (nSPS) is 11.1. The lowest BCUT2D eigenvalue weighted by atomic mass is 10.0. The minimum atomic E-state index is -0.256. The van der Waals surface area contributed by atoms with E-state index < -0.39 is 0 Å². The van der Waals surface area contributed by atoms with Gasteiger partial charge < -0.3 is 4.42 Å². The molecule has 1 amide bonds. The first kappa shape index (κ1) is 17.1. The molecule has 0 aliphatic rings. The zero-order valence-corrected chi connectivity index (χ0v) is 15.1. The predicted molar refractivity (Wildman–Crippen MR) is 108 cm³/mol. The average molecular weight is 372 g/mol. The monoisotopic (exact) mass is 372 g/mol. The number of carbonyl (C=O) groups excluding carboxylic acids is 1. The smallest absolute Gasteiger partial charge is 0.271 e. The highest BCUT2D eigenvalue weighted by atomic mass is 32.2. The van der Waals surface area contributed by atoms with E-state index in [4.69, 9.17) is 4.42 Å². The van der Waals surface area contributed by atoms with Gasteiger partial charge in [-0.05, 0) is 41.1 Å². The Morgan fingerprint density at radius 1 is 0.889 bits per heavy atom. The van der Waals surface area contributed by atoms with Gasteiger partial charge in [0.15, 0.2) is 5.09 Å². The summed E-state index contributed by atoms with van der Waals surface area (Å²) in [5.74, 6) is 0.320. The molecule has 0 fully saturated rings. The zero-order valence-electron chi connectivity index (χ0n) is 14.3. The Labute approximate surface area is 160 Å². The summed E-state index contributed by atoms with van der Waals surface area (Å²) < 4.78 is 5.71. The summed E-state index contributed by atoms with van der Waals surface area (Å²) in [6.07, 6.45) is 1.50. The lowest BCUT2D eigenvalue weighted by molar-refractivity contribution is 0.0957. The third-order valence-corrected chi connectivity index (χ3v) is 4.88. The predicted octanol–water partition coefficient (Wildman–Crippen LogP) is 5.35. The lowest BCUT2D eigenvalue weighted by Gasteiger charge is -2.04. The highest BCUT2D eigenvalue weighted by molar-refractivity contribution is 7.99. The van der Waals surface area contributed by atoms with E-state index in [0.29, 0.717) is 11.3 Å². The van der Waals surface area contributed by atoms with Gasteiger partial charge in [-0.2, -0.15) is 5.10 Å². The van der Waals surface area contributed by atoms with Crippen LogP contribution < -0.4 is 5.43 Å². The molecule has 0 radical (unpaired) electrons. The summed E-state index contributed by atoms with van der Waals surface area (Å²) >= 11 is 1.53. The lowest BCUT2D eigenvalue weighted by Crippen LogP contribution is -2.17. The Morgan fingerprint density at radius 3 is 2.56 bits per heavy atom. The molecule has 0 aliphatic carbocycles. The van der Waals surface area contributed by atoms with Gasteiger partial charge in [0.05, 0.1) is 6.21 Å². The number of nitrogens with one attached hydrogen (secondary N) is 1. The highest BCUT2D eigenvalue weighted by Crippen LogP contribution is 2.28. The van der Waals surface area contributed by atoms with Crippen molar-refractivity contribution in [1.82, 2.24) is 5.43 Å². The minimum absolute atomic E-state index is 0.256. The first-order valence-corrected chi connectivity index (χ1v) is 9.25. The number of hydrogen-bond acceptors (Lipinski definition) is 4. The number of hydrogen-bond donors (Lipinski definition) is 1. The second-order valence-electron chi connectivity index (χ2n) is 5.80. The fourth-order valence-electron chi connectivity index (χ4n) is 2.70. The van der Waals surface area contributed by atoms with Crippen molar-refractivity contribution in [1.29, 1.82) is 0 Å². The van der Waals surface area contributed by atoms with Crippen molar-refractivity contribution >= 4 is 34.7 Å². The molecular formula is C22H16N2O2S. The Bertz CT molecular complexity index is 1100. The van der Waals surface area contributed by atoms with Crippen LogP contribution in [0.2, 0.25) is 0 Å². The van der Waals surface area contributed by atoms with E-state index in [2.05, 4.69) is 10.5 Å². The molecule has 27 heavy (non-hydrogen) atoms. The number of benzene rings is 3. The van der Waals surface area contributed by atoms with E-state index in [9.17, 15) is 4.79 Å². The van der Waals surface area contributed by atoms with Crippen LogP contribution in [0, 0.1) is 0 Å².